The summed E-state index contributed by atoms with van der Waals surface area (Å²) in [6.45, 7) is 0. The zero-order valence-electron chi connectivity index (χ0n) is 8.30. The Morgan fingerprint density at radius 3 is 2.87 bits per heavy atom. The van der Waals surface area contributed by atoms with Crippen molar-refractivity contribution in [1.82, 2.24) is 5.32 Å². The standard InChI is InChI=1S/C9H12BNO4/c1-15-8-4-2-3-7(5-8)9(12)11-6-10(13)14/h2-5,13-14H,6H2,1H3,(H,11,12). The fourth-order valence-corrected chi connectivity index (χ4v) is 1.05. The summed E-state index contributed by atoms with van der Waals surface area (Å²) < 4.78 is 4.95. The maximum Gasteiger partial charge on any atom is 0.472 e. The Kier molecular flexibility index (Phi) is 4.14. The molecule has 0 fully saturated rings. The van der Waals surface area contributed by atoms with Gasteiger partial charge >= 0.3 is 7.12 Å². The summed E-state index contributed by atoms with van der Waals surface area (Å²) >= 11 is 0. The van der Waals surface area contributed by atoms with E-state index >= 15 is 0 Å². The van der Waals surface area contributed by atoms with Crippen LogP contribution in [0.25, 0.3) is 0 Å². The Balaban J connectivity index is 2.65. The number of amides is 1. The summed E-state index contributed by atoms with van der Waals surface area (Å²) in [5.41, 5.74) is 0.412. The molecule has 0 spiro atoms. The Labute approximate surface area is 87.8 Å². The van der Waals surface area contributed by atoms with E-state index in [1.54, 1.807) is 24.3 Å². The molecule has 0 saturated heterocycles. The van der Waals surface area contributed by atoms with Crippen molar-refractivity contribution in [2.45, 2.75) is 0 Å². The molecule has 0 aliphatic rings. The second-order valence-corrected chi connectivity index (χ2v) is 2.92. The molecule has 0 bridgehead atoms. The minimum atomic E-state index is -1.54. The van der Waals surface area contributed by atoms with Crippen molar-refractivity contribution in [3.63, 3.8) is 0 Å². The monoisotopic (exact) mass is 209 g/mol. The van der Waals surface area contributed by atoms with Gasteiger partial charge in [-0.1, -0.05) is 6.07 Å². The van der Waals surface area contributed by atoms with Crippen molar-refractivity contribution in [2.24, 2.45) is 0 Å². The molecule has 0 atom stereocenters. The largest absolute Gasteiger partial charge is 0.497 e. The highest BCUT2D eigenvalue weighted by Gasteiger charge is 2.11. The van der Waals surface area contributed by atoms with E-state index in [0.29, 0.717) is 11.3 Å². The highest BCUT2D eigenvalue weighted by atomic mass is 16.5. The first-order valence-corrected chi connectivity index (χ1v) is 4.42. The topological polar surface area (TPSA) is 78.8 Å². The highest BCUT2D eigenvalue weighted by Crippen LogP contribution is 2.11. The number of hydrogen-bond acceptors (Lipinski definition) is 4. The number of carbonyl (C=O) groups is 1. The van der Waals surface area contributed by atoms with Crippen LogP contribution < -0.4 is 10.1 Å². The summed E-state index contributed by atoms with van der Waals surface area (Å²) in [4.78, 5) is 11.4. The SMILES string of the molecule is COc1cccc(C(=O)NCB(O)O)c1. The lowest BCUT2D eigenvalue weighted by molar-refractivity contribution is 0.0956. The fourth-order valence-electron chi connectivity index (χ4n) is 1.05. The maximum atomic E-state index is 11.4. The van der Waals surface area contributed by atoms with Gasteiger partial charge in [-0.25, -0.2) is 0 Å². The molecule has 0 aliphatic heterocycles. The van der Waals surface area contributed by atoms with Gasteiger partial charge in [0.05, 0.1) is 13.6 Å². The molecule has 1 rings (SSSR count). The molecule has 0 aromatic heterocycles. The van der Waals surface area contributed by atoms with Crippen molar-refractivity contribution < 1.29 is 19.6 Å². The number of nitrogens with one attached hydrogen (secondary N) is 1. The number of rotatable bonds is 4. The molecule has 1 aromatic rings. The minimum absolute atomic E-state index is 0.198. The number of carbonyl (C=O) groups excluding carboxylic acids is 1. The number of ether oxygens (including phenoxy) is 1. The lowest BCUT2D eigenvalue weighted by Gasteiger charge is -2.05. The molecule has 3 N–H and O–H groups in total. The van der Waals surface area contributed by atoms with Crippen LogP contribution in [0, 0.1) is 0 Å². The van der Waals surface area contributed by atoms with Crippen LogP contribution in [0.3, 0.4) is 0 Å². The van der Waals surface area contributed by atoms with Gasteiger partial charge in [0, 0.05) is 5.56 Å². The summed E-state index contributed by atoms with van der Waals surface area (Å²) in [6.07, 6.45) is -0.198. The van der Waals surface area contributed by atoms with Gasteiger partial charge in [0.2, 0.25) is 0 Å². The Morgan fingerprint density at radius 1 is 1.53 bits per heavy atom. The number of methoxy groups -OCH3 is 1. The molecule has 0 heterocycles. The van der Waals surface area contributed by atoms with Crippen LogP contribution in [-0.2, 0) is 0 Å². The Bertz CT molecular complexity index is 343. The third-order valence-electron chi connectivity index (χ3n) is 1.78. The van der Waals surface area contributed by atoms with E-state index in [4.69, 9.17) is 14.8 Å². The zero-order chi connectivity index (χ0) is 11.3. The molecule has 6 heteroatoms. The molecule has 15 heavy (non-hydrogen) atoms. The lowest BCUT2D eigenvalue weighted by atomic mass is 9.92. The molecular formula is C9H12BNO4. The van der Waals surface area contributed by atoms with Crippen LogP contribution in [0.2, 0.25) is 0 Å². The van der Waals surface area contributed by atoms with Gasteiger partial charge < -0.3 is 20.1 Å². The lowest BCUT2D eigenvalue weighted by Crippen LogP contribution is -2.34. The predicted molar refractivity (Wildman–Crippen MR) is 55.5 cm³/mol. The first-order chi connectivity index (χ1) is 7.13. The van der Waals surface area contributed by atoms with Gasteiger partial charge in [-0.15, -0.1) is 0 Å². The van der Waals surface area contributed by atoms with Crippen molar-refractivity contribution in [3.8, 4) is 5.75 Å². The van der Waals surface area contributed by atoms with E-state index in [9.17, 15) is 4.79 Å². The molecule has 0 saturated carbocycles. The highest BCUT2D eigenvalue weighted by molar-refractivity contribution is 6.41. The van der Waals surface area contributed by atoms with E-state index in [0.717, 1.165) is 0 Å². The molecule has 0 unspecified atom stereocenters. The maximum absolute atomic E-state index is 11.4. The van der Waals surface area contributed by atoms with Crippen molar-refractivity contribution in [1.29, 1.82) is 0 Å². The zero-order valence-corrected chi connectivity index (χ0v) is 8.30. The van der Waals surface area contributed by atoms with Gasteiger partial charge in [-0.05, 0) is 18.2 Å². The second kappa shape index (κ2) is 5.38. The quantitative estimate of drug-likeness (QED) is 0.580. The van der Waals surface area contributed by atoms with Crippen LogP contribution in [-0.4, -0.2) is 36.6 Å². The van der Waals surface area contributed by atoms with Crippen LogP contribution in [0.1, 0.15) is 10.4 Å². The molecule has 1 aromatic carbocycles. The predicted octanol–water partition coefficient (Wildman–Crippen LogP) is -0.563. The molecule has 0 radical (unpaired) electrons. The third-order valence-corrected chi connectivity index (χ3v) is 1.78. The van der Waals surface area contributed by atoms with E-state index in [2.05, 4.69) is 5.32 Å². The second-order valence-electron chi connectivity index (χ2n) is 2.92. The average Bonchev–Trinajstić information content (AvgIpc) is 2.26. The molecule has 80 valence electrons. The molecular weight excluding hydrogens is 197 g/mol. The van der Waals surface area contributed by atoms with Crippen LogP contribution in [0.15, 0.2) is 24.3 Å². The van der Waals surface area contributed by atoms with Gasteiger partial charge in [0.25, 0.3) is 5.91 Å². The molecule has 1 amide bonds. The van der Waals surface area contributed by atoms with Crippen molar-refractivity contribution >= 4 is 13.0 Å². The van der Waals surface area contributed by atoms with Gasteiger partial charge in [0.15, 0.2) is 0 Å². The first-order valence-electron chi connectivity index (χ1n) is 4.42. The van der Waals surface area contributed by atoms with Crippen LogP contribution in [0.4, 0.5) is 0 Å². The van der Waals surface area contributed by atoms with E-state index in [1.165, 1.54) is 7.11 Å². The van der Waals surface area contributed by atoms with Gasteiger partial charge in [0.1, 0.15) is 5.75 Å². The molecule has 5 nitrogen and oxygen atoms in total. The number of benzene rings is 1. The van der Waals surface area contributed by atoms with E-state index in [1.807, 2.05) is 0 Å². The summed E-state index contributed by atoms with van der Waals surface area (Å²) in [5.74, 6) is 0.203. The van der Waals surface area contributed by atoms with Gasteiger partial charge in [-0.2, -0.15) is 0 Å². The first kappa shape index (κ1) is 11.5. The summed E-state index contributed by atoms with van der Waals surface area (Å²) in [6, 6.07) is 6.58. The third kappa shape index (κ3) is 3.61. The Hall–Kier alpha value is -1.53. The minimum Gasteiger partial charge on any atom is -0.497 e. The smallest absolute Gasteiger partial charge is 0.472 e. The van der Waals surface area contributed by atoms with Crippen LogP contribution >= 0.6 is 0 Å². The summed E-state index contributed by atoms with van der Waals surface area (Å²) in [5, 5.41) is 19.5. The normalized spacial score (nSPS) is 9.53. The van der Waals surface area contributed by atoms with Crippen molar-refractivity contribution in [2.75, 3.05) is 13.6 Å². The Morgan fingerprint density at radius 2 is 2.27 bits per heavy atom. The molecule has 0 aliphatic carbocycles. The van der Waals surface area contributed by atoms with Crippen LogP contribution in [0.5, 0.6) is 5.75 Å². The van der Waals surface area contributed by atoms with E-state index < -0.39 is 7.12 Å². The average molecular weight is 209 g/mol. The fraction of sp³-hybridized carbons (Fsp3) is 0.222. The number of hydrogen-bond donors (Lipinski definition) is 3. The van der Waals surface area contributed by atoms with Gasteiger partial charge in [-0.3, -0.25) is 4.79 Å². The van der Waals surface area contributed by atoms with E-state index in [-0.39, 0.29) is 12.4 Å². The van der Waals surface area contributed by atoms with Crippen molar-refractivity contribution in [3.05, 3.63) is 29.8 Å². The summed E-state index contributed by atoms with van der Waals surface area (Å²) in [7, 11) is -0.0336.